The van der Waals surface area contributed by atoms with E-state index in [1.54, 1.807) is 0 Å². The molecule has 0 amide bonds. The fourth-order valence-corrected chi connectivity index (χ4v) is 7.26. The molecule has 67 heavy (non-hydrogen) atoms. The zero-order valence-corrected chi connectivity index (χ0v) is 43.4. The van der Waals surface area contributed by atoms with E-state index < -0.39 is 6.10 Å². The second kappa shape index (κ2) is 54.7. The minimum atomic E-state index is -0.814. The summed E-state index contributed by atoms with van der Waals surface area (Å²) in [5, 5.41) is 0. The van der Waals surface area contributed by atoms with Crippen molar-refractivity contribution in [3.8, 4) is 0 Å². The molecule has 0 aromatic carbocycles. The van der Waals surface area contributed by atoms with Crippen molar-refractivity contribution in [1.82, 2.24) is 0 Å². The molecule has 6 nitrogen and oxygen atoms in total. The molecule has 0 saturated carbocycles. The van der Waals surface area contributed by atoms with Gasteiger partial charge in [-0.3, -0.25) is 14.4 Å². The van der Waals surface area contributed by atoms with Crippen molar-refractivity contribution in [3.63, 3.8) is 0 Å². The van der Waals surface area contributed by atoms with Gasteiger partial charge < -0.3 is 14.2 Å². The van der Waals surface area contributed by atoms with Crippen LogP contribution in [0.3, 0.4) is 0 Å². The molecule has 0 aliphatic carbocycles. The van der Waals surface area contributed by atoms with Crippen LogP contribution in [0, 0.1) is 0 Å². The van der Waals surface area contributed by atoms with Crippen molar-refractivity contribution in [3.05, 3.63) is 109 Å². The van der Waals surface area contributed by atoms with Crippen molar-refractivity contribution < 1.29 is 28.6 Å². The third-order valence-electron chi connectivity index (χ3n) is 11.4. The number of esters is 3. The van der Waals surface area contributed by atoms with Crippen LogP contribution in [0.2, 0.25) is 0 Å². The summed E-state index contributed by atoms with van der Waals surface area (Å²) >= 11 is 0. The molecule has 1 atom stereocenters. The van der Waals surface area contributed by atoms with Gasteiger partial charge in [-0.05, 0) is 89.9 Å². The fourth-order valence-electron chi connectivity index (χ4n) is 7.26. The summed E-state index contributed by atoms with van der Waals surface area (Å²) in [4.78, 5) is 38.1. The molecule has 0 aliphatic heterocycles. The maximum atomic E-state index is 12.8. The van der Waals surface area contributed by atoms with E-state index in [1.165, 1.54) is 128 Å². The normalized spacial score (nSPS) is 12.9. The quantitative estimate of drug-likeness (QED) is 0.0199. The van der Waals surface area contributed by atoms with Crippen LogP contribution in [-0.4, -0.2) is 37.2 Å². The van der Waals surface area contributed by atoms with Gasteiger partial charge in [-0.2, -0.15) is 0 Å². The Hall–Kier alpha value is -3.93. The maximum absolute atomic E-state index is 12.8. The molecule has 0 bridgehead atoms. The number of ether oxygens (including phenoxy) is 3. The first-order valence-electron chi connectivity index (χ1n) is 27.5. The number of carbonyl (C=O) groups is 3. The highest BCUT2D eigenvalue weighted by molar-refractivity contribution is 5.71. The molecule has 0 radical (unpaired) electrons. The average molecular weight is 929 g/mol. The molecule has 0 fully saturated rings. The van der Waals surface area contributed by atoms with Crippen LogP contribution in [0.5, 0.6) is 0 Å². The summed E-state index contributed by atoms with van der Waals surface area (Å²) in [6.07, 6.45) is 73.6. The predicted octanol–water partition coefficient (Wildman–Crippen LogP) is 18.3. The zero-order valence-electron chi connectivity index (χ0n) is 43.4. The standard InChI is InChI=1S/C61H100O6/c1-4-7-10-13-16-19-22-25-27-29-30-32-33-36-39-42-45-48-51-54-60(63)66-57-58(56-65-59(62)53-50-47-44-41-38-35-24-21-18-15-12-9-6-3)67-61(64)55-52-49-46-43-40-37-34-31-28-26-23-20-17-14-11-8-5-2/h9,12,15-22,24-26,28,35,38,41,44,58H,4-8,10-11,13-14,23,27,29-34,36-37,39-40,42-43,45-57H2,1-3H3/b12-9-,18-15-,19-16-,20-17-,24-21-,25-22-,28-26-,38-35-,44-41-. The third-order valence-corrected chi connectivity index (χ3v) is 11.4. The molecule has 0 saturated heterocycles. The van der Waals surface area contributed by atoms with Crippen LogP contribution in [0.15, 0.2) is 109 Å². The number of unbranched alkanes of at least 4 members (excludes halogenated alkanes) is 24. The first-order valence-corrected chi connectivity index (χ1v) is 27.5. The Morgan fingerprint density at radius 2 is 0.657 bits per heavy atom. The van der Waals surface area contributed by atoms with Crippen molar-refractivity contribution in [2.24, 2.45) is 0 Å². The highest BCUT2D eigenvalue weighted by Crippen LogP contribution is 2.14. The Kier molecular flexibility index (Phi) is 51.5. The highest BCUT2D eigenvalue weighted by atomic mass is 16.6. The summed E-state index contributed by atoms with van der Waals surface area (Å²) in [5.41, 5.74) is 0. The van der Waals surface area contributed by atoms with Crippen LogP contribution >= 0.6 is 0 Å². The van der Waals surface area contributed by atoms with E-state index in [0.717, 1.165) is 64.2 Å². The lowest BCUT2D eigenvalue weighted by Crippen LogP contribution is -2.30. The molecule has 0 aliphatic rings. The first kappa shape index (κ1) is 63.1. The zero-order chi connectivity index (χ0) is 48.6. The summed E-state index contributed by atoms with van der Waals surface area (Å²) in [5.74, 6) is -0.997. The van der Waals surface area contributed by atoms with Gasteiger partial charge >= 0.3 is 17.9 Å². The Morgan fingerprint density at radius 1 is 0.328 bits per heavy atom. The lowest BCUT2D eigenvalue weighted by atomic mass is 10.1. The van der Waals surface area contributed by atoms with Crippen LogP contribution < -0.4 is 0 Å². The molecular weight excluding hydrogens is 829 g/mol. The lowest BCUT2D eigenvalue weighted by molar-refractivity contribution is -0.167. The van der Waals surface area contributed by atoms with Gasteiger partial charge in [-0.25, -0.2) is 0 Å². The van der Waals surface area contributed by atoms with Gasteiger partial charge in [-0.1, -0.05) is 239 Å². The van der Waals surface area contributed by atoms with E-state index in [2.05, 4.69) is 75.5 Å². The SMILES string of the molecule is CC\C=C/C=C\C=C/C=C\C=C/CCCC(=O)OCC(COC(=O)CCCCCCCCCCCC/C=C\C=C/CCCCC)OC(=O)CCCCCCCCC/C=C\C/C=C\CCCCC. The number of rotatable bonds is 48. The van der Waals surface area contributed by atoms with Crippen LogP contribution in [0.25, 0.3) is 0 Å². The summed E-state index contributed by atoms with van der Waals surface area (Å²) in [6.45, 7) is 6.37. The summed E-state index contributed by atoms with van der Waals surface area (Å²) in [7, 11) is 0. The fraction of sp³-hybridized carbons (Fsp3) is 0.656. The number of carbonyl (C=O) groups excluding carboxylic acids is 3. The van der Waals surface area contributed by atoms with Gasteiger partial charge in [0.2, 0.25) is 0 Å². The van der Waals surface area contributed by atoms with Crippen molar-refractivity contribution in [2.45, 2.75) is 245 Å². The molecule has 380 valence electrons. The van der Waals surface area contributed by atoms with Crippen LogP contribution in [0.4, 0.5) is 0 Å². The second-order valence-electron chi connectivity index (χ2n) is 17.9. The Balaban J connectivity index is 4.47. The Morgan fingerprint density at radius 3 is 1.10 bits per heavy atom. The smallest absolute Gasteiger partial charge is 0.306 e. The largest absolute Gasteiger partial charge is 0.462 e. The molecule has 0 heterocycles. The molecule has 0 spiro atoms. The number of allylic oxidation sites excluding steroid dienone is 18. The van der Waals surface area contributed by atoms with E-state index in [0.29, 0.717) is 19.3 Å². The molecular formula is C61H100O6. The molecule has 0 rings (SSSR count). The van der Waals surface area contributed by atoms with Crippen molar-refractivity contribution in [1.29, 1.82) is 0 Å². The van der Waals surface area contributed by atoms with E-state index in [-0.39, 0.29) is 37.5 Å². The minimum Gasteiger partial charge on any atom is -0.462 e. The first-order chi connectivity index (χ1) is 33.0. The van der Waals surface area contributed by atoms with Gasteiger partial charge in [0, 0.05) is 19.3 Å². The van der Waals surface area contributed by atoms with Crippen molar-refractivity contribution >= 4 is 17.9 Å². The van der Waals surface area contributed by atoms with Gasteiger partial charge in [-0.15, -0.1) is 0 Å². The molecule has 0 N–H and O–H groups in total. The van der Waals surface area contributed by atoms with E-state index >= 15 is 0 Å². The second-order valence-corrected chi connectivity index (χ2v) is 17.9. The summed E-state index contributed by atoms with van der Waals surface area (Å²) < 4.78 is 16.8. The van der Waals surface area contributed by atoms with Gasteiger partial charge in [0.1, 0.15) is 13.2 Å². The average Bonchev–Trinajstić information content (AvgIpc) is 3.33. The minimum absolute atomic E-state index is 0.107. The number of hydrogen-bond acceptors (Lipinski definition) is 6. The van der Waals surface area contributed by atoms with Gasteiger partial charge in [0.15, 0.2) is 6.10 Å². The Labute approximate surface area is 412 Å². The van der Waals surface area contributed by atoms with Crippen molar-refractivity contribution in [2.75, 3.05) is 13.2 Å². The van der Waals surface area contributed by atoms with Gasteiger partial charge in [0.25, 0.3) is 0 Å². The predicted molar refractivity (Wildman–Crippen MR) is 288 cm³/mol. The number of hydrogen-bond donors (Lipinski definition) is 0. The lowest BCUT2D eigenvalue weighted by Gasteiger charge is -2.18. The molecule has 0 aromatic rings. The molecule has 0 aromatic heterocycles. The van der Waals surface area contributed by atoms with E-state index in [4.69, 9.17) is 14.2 Å². The highest BCUT2D eigenvalue weighted by Gasteiger charge is 2.19. The Bertz CT molecular complexity index is 1390. The molecule has 6 heteroatoms. The van der Waals surface area contributed by atoms with E-state index in [1.807, 2.05) is 54.7 Å². The maximum Gasteiger partial charge on any atom is 0.306 e. The topological polar surface area (TPSA) is 78.9 Å². The van der Waals surface area contributed by atoms with Crippen LogP contribution in [-0.2, 0) is 28.6 Å². The van der Waals surface area contributed by atoms with Crippen LogP contribution in [0.1, 0.15) is 239 Å². The van der Waals surface area contributed by atoms with Gasteiger partial charge in [0.05, 0.1) is 0 Å². The summed E-state index contributed by atoms with van der Waals surface area (Å²) in [6, 6.07) is 0. The molecule has 1 unspecified atom stereocenters. The third kappa shape index (κ3) is 52.9. The monoisotopic (exact) mass is 929 g/mol. The van der Waals surface area contributed by atoms with E-state index in [9.17, 15) is 14.4 Å².